The minimum Gasteiger partial charge on any atom is -0.337 e. The van der Waals surface area contributed by atoms with Gasteiger partial charge in [0.05, 0.1) is 17.5 Å². The van der Waals surface area contributed by atoms with E-state index in [9.17, 15) is 4.79 Å². The highest BCUT2D eigenvalue weighted by atomic mass is 16.2. The molecule has 4 rings (SSSR count). The van der Waals surface area contributed by atoms with Crippen molar-refractivity contribution in [3.8, 4) is 11.4 Å². The van der Waals surface area contributed by atoms with E-state index in [1.807, 2.05) is 56.4 Å². The van der Waals surface area contributed by atoms with Gasteiger partial charge >= 0.3 is 0 Å². The van der Waals surface area contributed by atoms with E-state index in [4.69, 9.17) is 4.98 Å². The van der Waals surface area contributed by atoms with Crippen LogP contribution in [0.1, 0.15) is 36.6 Å². The Hall–Kier alpha value is -3.02. The number of rotatable bonds is 3. The molecule has 0 saturated carbocycles. The summed E-state index contributed by atoms with van der Waals surface area (Å²) in [5.41, 5.74) is 4.07. The number of carbonyl (C=O) groups is 1. The topological polar surface area (TPSA) is 63.9 Å². The number of hydrogen-bond acceptors (Lipinski definition) is 4. The van der Waals surface area contributed by atoms with E-state index in [2.05, 4.69) is 22.2 Å². The lowest BCUT2D eigenvalue weighted by atomic mass is 9.88. The lowest BCUT2D eigenvalue weighted by Crippen LogP contribution is -2.41. The molecular formula is C21H23N5O. The Bertz CT molecular complexity index is 964. The Kier molecular flexibility index (Phi) is 4.48. The SMILES string of the molecule is CC(C)C(=O)N1Cc2cnc(-c3cnn(C)c3)nc2[C@@H](c2ccccc2)C1. The third-order valence-corrected chi connectivity index (χ3v) is 4.96. The molecule has 0 fully saturated rings. The lowest BCUT2D eigenvalue weighted by molar-refractivity contribution is -0.135. The number of amides is 1. The molecule has 1 atom stereocenters. The number of aryl methyl sites for hydroxylation is 1. The van der Waals surface area contributed by atoms with Crippen molar-refractivity contribution in [2.45, 2.75) is 26.3 Å². The number of fused-ring (bicyclic) bond motifs is 1. The van der Waals surface area contributed by atoms with Crippen LogP contribution in [0.3, 0.4) is 0 Å². The van der Waals surface area contributed by atoms with Crippen molar-refractivity contribution >= 4 is 5.91 Å². The largest absolute Gasteiger partial charge is 0.337 e. The molecule has 0 bridgehead atoms. The zero-order valence-corrected chi connectivity index (χ0v) is 15.8. The maximum atomic E-state index is 12.6. The number of benzene rings is 1. The van der Waals surface area contributed by atoms with Crippen LogP contribution in [0.5, 0.6) is 0 Å². The quantitative estimate of drug-likeness (QED) is 0.719. The zero-order valence-electron chi connectivity index (χ0n) is 15.8. The highest BCUT2D eigenvalue weighted by Gasteiger charge is 2.32. The van der Waals surface area contributed by atoms with Gasteiger partial charge in [0.25, 0.3) is 0 Å². The Morgan fingerprint density at radius 2 is 1.96 bits per heavy atom. The van der Waals surface area contributed by atoms with E-state index in [1.54, 1.807) is 10.9 Å². The fourth-order valence-electron chi connectivity index (χ4n) is 3.58. The van der Waals surface area contributed by atoms with Gasteiger partial charge in [-0.1, -0.05) is 44.2 Å². The van der Waals surface area contributed by atoms with Gasteiger partial charge in [0.15, 0.2) is 5.82 Å². The first-order valence-electron chi connectivity index (χ1n) is 9.21. The number of carbonyl (C=O) groups excluding carboxylic acids is 1. The van der Waals surface area contributed by atoms with Gasteiger partial charge in [-0.2, -0.15) is 5.10 Å². The fraction of sp³-hybridized carbons (Fsp3) is 0.333. The van der Waals surface area contributed by atoms with Crippen LogP contribution in [-0.4, -0.2) is 37.1 Å². The van der Waals surface area contributed by atoms with Gasteiger partial charge in [0.2, 0.25) is 5.91 Å². The minimum absolute atomic E-state index is 0.0291. The van der Waals surface area contributed by atoms with Crippen molar-refractivity contribution in [2.75, 3.05) is 6.54 Å². The maximum absolute atomic E-state index is 12.6. The van der Waals surface area contributed by atoms with Crippen LogP contribution in [0.4, 0.5) is 0 Å². The molecule has 0 saturated heterocycles. The molecule has 0 N–H and O–H groups in total. The monoisotopic (exact) mass is 361 g/mol. The Morgan fingerprint density at radius 1 is 1.19 bits per heavy atom. The summed E-state index contributed by atoms with van der Waals surface area (Å²) < 4.78 is 1.75. The summed E-state index contributed by atoms with van der Waals surface area (Å²) in [5.74, 6) is 0.846. The van der Waals surface area contributed by atoms with Crippen LogP contribution in [-0.2, 0) is 18.4 Å². The van der Waals surface area contributed by atoms with E-state index in [-0.39, 0.29) is 17.7 Å². The molecule has 1 aliphatic rings. The van der Waals surface area contributed by atoms with E-state index >= 15 is 0 Å². The summed E-state index contributed by atoms with van der Waals surface area (Å²) in [5, 5.41) is 4.22. The third-order valence-electron chi connectivity index (χ3n) is 4.96. The van der Waals surface area contributed by atoms with Crippen molar-refractivity contribution in [1.29, 1.82) is 0 Å². The van der Waals surface area contributed by atoms with Crippen molar-refractivity contribution in [1.82, 2.24) is 24.6 Å². The second-order valence-electron chi connectivity index (χ2n) is 7.34. The molecule has 6 nitrogen and oxygen atoms in total. The highest BCUT2D eigenvalue weighted by Crippen LogP contribution is 2.33. The number of aromatic nitrogens is 4. The first kappa shape index (κ1) is 17.4. The highest BCUT2D eigenvalue weighted by molar-refractivity contribution is 5.78. The molecule has 0 unspecified atom stereocenters. The molecule has 3 heterocycles. The molecule has 6 heteroatoms. The Labute approximate surface area is 158 Å². The summed E-state index contributed by atoms with van der Waals surface area (Å²) in [7, 11) is 1.88. The van der Waals surface area contributed by atoms with Gasteiger partial charge in [-0.3, -0.25) is 9.48 Å². The standard InChI is InChI=1S/C21H23N5O/c1-14(2)21(27)26-12-16-9-22-20(17-10-23-25(3)11-17)24-19(16)18(13-26)15-7-5-4-6-8-15/h4-11,14,18H,12-13H2,1-3H3/t18-/m1/s1. The molecule has 27 heavy (non-hydrogen) atoms. The maximum Gasteiger partial charge on any atom is 0.225 e. The fourth-order valence-corrected chi connectivity index (χ4v) is 3.58. The molecular weight excluding hydrogens is 338 g/mol. The lowest BCUT2D eigenvalue weighted by Gasteiger charge is -2.35. The van der Waals surface area contributed by atoms with Crippen LogP contribution in [0, 0.1) is 5.92 Å². The summed E-state index contributed by atoms with van der Waals surface area (Å²) in [6.07, 6.45) is 5.55. The van der Waals surface area contributed by atoms with Crippen LogP contribution < -0.4 is 0 Å². The van der Waals surface area contributed by atoms with Gasteiger partial charge in [-0.25, -0.2) is 9.97 Å². The van der Waals surface area contributed by atoms with E-state index in [0.717, 1.165) is 22.4 Å². The molecule has 1 aromatic carbocycles. The molecule has 0 aliphatic carbocycles. The molecule has 3 aromatic rings. The van der Waals surface area contributed by atoms with Crippen LogP contribution in [0.2, 0.25) is 0 Å². The average Bonchev–Trinajstić information content (AvgIpc) is 3.13. The summed E-state index contributed by atoms with van der Waals surface area (Å²) >= 11 is 0. The Balaban J connectivity index is 1.79. The molecule has 0 radical (unpaired) electrons. The van der Waals surface area contributed by atoms with Crippen molar-refractivity contribution in [2.24, 2.45) is 13.0 Å². The van der Waals surface area contributed by atoms with Gasteiger partial charge in [0.1, 0.15) is 0 Å². The van der Waals surface area contributed by atoms with Crippen molar-refractivity contribution < 1.29 is 4.79 Å². The minimum atomic E-state index is -0.0291. The van der Waals surface area contributed by atoms with Gasteiger partial charge in [-0.05, 0) is 5.56 Å². The Morgan fingerprint density at radius 3 is 2.63 bits per heavy atom. The number of nitrogens with zero attached hydrogens (tertiary/aromatic N) is 5. The predicted octanol–water partition coefficient (Wildman–Crippen LogP) is 3.01. The third kappa shape index (κ3) is 3.35. The molecule has 0 spiro atoms. The van der Waals surface area contributed by atoms with Gasteiger partial charge in [-0.15, -0.1) is 0 Å². The smallest absolute Gasteiger partial charge is 0.225 e. The predicted molar refractivity (Wildman–Crippen MR) is 103 cm³/mol. The summed E-state index contributed by atoms with van der Waals surface area (Å²) in [4.78, 5) is 24.0. The van der Waals surface area contributed by atoms with Gasteiger partial charge in [0, 0.05) is 49.9 Å². The molecule has 1 aliphatic heterocycles. The van der Waals surface area contributed by atoms with E-state index < -0.39 is 0 Å². The summed E-state index contributed by atoms with van der Waals surface area (Å²) in [6.45, 7) is 5.08. The number of hydrogen-bond donors (Lipinski definition) is 0. The van der Waals surface area contributed by atoms with Crippen molar-refractivity contribution in [3.05, 3.63) is 65.7 Å². The van der Waals surface area contributed by atoms with E-state index in [0.29, 0.717) is 18.9 Å². The molecule has 1 amide bonds. The normalized spacial score (nSPS) is 16.4. The second-order valence-corrected chi connectivity index (χ2v) is 7.34. The summed E-state index contributed by atoms with van der Waals surface area (Å²) in [6, 6.07) is 10.3. The van der Waals surface area contributed by atoms with Crippen LogP contribution in [0.15, 0.2) is 48.9 Å². The molecule has 138 valence electrons. The van der Waals surface area contributed by atoms with Crippen molar-refractivity contribution in [3.63, 3.8) is 0 Å². The van der Waals surface area contributed by atoms with E-state index in [1.165, 1.54) is 0 Å². The van der Waals surface area contributed by atoms with Crippen LogP contribution in [0.25, 0.3) is 11.4 Å². The first-order valence-corrected chi connectivity index (χ1v) is 9.21. The first-order chi connectivity index (χ1) is 13.0. The van der Waals surface area contributed by atoms with Gasteiger partial charge < -0.3 is 4.90 Å². The zero-order chi connectivity index (χ0) is 19.0. The van der Waals surface area contributed by atoms with Crippen LogP contribution >= 0.6 is 0 Å². The molecule has 2 aromatic heterocycles. The average molecular weight is 361 g/mol. The second kappa shape index (κ2) is 6.95.